The number of rotatable bonds is 2. The van der Waals surface area contributed by atoms with Crippen LogP contribution >= 0.6 is 9.39 Å². The molecule has 0 saturated carbocycles. The standard InChI is InChI=1S/C8H14NOP/c1-3-7-4-9(11)5-8(7)6(2)10/h3-5,11H2,1-2H3. The highest BCUT2D eigenvalue weighted by atomic mass is 31.0. The average Bonchev–Trinajstić information content (AvgIpc) is 2.30. The van der Waals surface area contributed by atoms with E-state index in [9.17, 15) is 4.79 Å². The van der Waals surface area contributed by atoms with E-state index in [4.69, 9.17) is 0 Å². The Bertz CT molecular complexity index is 210. The van der Waals surface area contributed by atoms with Gasteiger partial charge in [-0.15, -0.1) is 0 Å². The van der Waals surface area contributed by atoms with Gasteiger partial charge in [-0.25, -0.2) is 0 Å². The summed E-state index contributed by atoms with van der Waals surface area (Å²) in [7, 11) is 2.63. The van der Waals surface area contributed by atoms with E-state index < -0.39 is 0 Å². The van der Waals surface area contributed by atoms with Crippen molar-refractivity contribution in [2.75, 3.05) is 13.1 Å². The first kappa shape index (κ1) is 8.89. The van der Waals surface area contributed by atoms with E-state index in [-0.39, 0.29) is 5.78 Å². The van der Waals surface area contributed by atoms with Gasteiger partial charge in [0.05, 0.1) is 0 Å². The molecular weight excluding hydrogens is 157 g/mol. The van der Waals surface area contributed by atoms with Crippen LogP contribution < -0.4 is 0 Å². The lowest BCUT2D eigenvalue weighted by molar-refractivity contribution is -0.113. The van der Waals surface area contributed by atoms with Gasteiger partial charge in [0, 0.05) is 18.7 Å². The van der Waals surface area contributed by atoms with Crippen molar-refractivity contribution in [3.8, 4) is 0 Å². The van der Waals surface area contributed by atoms with Crippen molar-refractivity contribution < 1.29 is 4.79 Å². The molecule has 1 aliphatic rings. The van der Waals surface area contributed by atoms with E-state index in [1.807, 2.05) is 0 Å². The molecule has 0 saturated heterocycles. The summed E-state index contributed by atoms with van der Waals surface area (Å²) in [6, 6.07) is 0. The third kappa shape index (κ3) is 1.88. The van der Waals surface area contributed by atoms with Gasteiger partial charge in [0.15, 0.2) is 5.78 Å². The second kappa shape index (κ2) is 3.46. The summed E-state index contributed by atoms with van der Waals surface area (Å²) in [4.78, 5) is 11.1. The molecule has 0 bridgehead atoms. The van der Waals surface area contributed by atoms with Gasteiger partial charge in [0.25, 0.3) is 0 Å². The molecule has 1 rings (SSSR count). The first-order valence-corrected chi connectivity index (χ1v) is 4.38. The molecule has 1 atom stereocenters. The number of carbonyl (C=O) groups is 1. The first-order chi connectivity index (χ1) is 5.15. The Morgan fingerprint density at radius 2 is 2.27 bits per heavy atom. The third-order valence-corrected chi connectivity index (χ3v) is 2.40. The molecular formula is C8H14NOP. The van der Waals surface area contributed by atoms with Gasteiger partial charge in [-0.2, -0.15) is 0 Å². The van der Waals surface area contributed by atoms with Crippen LogP contribution in [0.15, 0.2) is 11.1 Å². The van der Waals surface area contributed by atoms with Crippen molar-refractivity contribution in [2.24, 2.45) is 0 Å². The van der Waals surface area contributed by atoms with Crippen LogP contribution in [-0.2, 0) is 4.79 Å². The molecule has 11 heavy (non-hydrogen) atoms. The van der Waals surface area contributed by atoms with Gasteiger partial charge in [0.1, 0.15) is 0 Å². The summed E-state index contributed by atoms with van der Waals surface area (Å²) < 4.78 is 2.09. The van der Waals surface area contributed by atoms with E-state index in [0.29, 0.717) is 0 Å². The Labute approximate surface area is 69.9 Å². The predicted molar refractivity (Wildman–Crippen MR) is 49.3 cm³/mol. The van der Waals surface area contributed by atoms with Crippen LogP contribution in [0.25, 0.3) is 0 Å². The zero-order valence-corrected chi connectivity index (χ0v) is 8.21. The molecule has 0 aliphatic carbocycles. The Balaban J connectivity index is 2.79. The van der Waals surface area contributed by atoms with E-state index >= 15 is 0 Å². The molecule has 0 radical (unpaired) electrons. The monoisotopic (exact) mass is 171 g/mol. The Morgan fingerprint density at radius 1 is 1.64 bits per heavy atom. The van der Waals surface area contributed by atoms with Gasteiger partial charge in [-0.05, 0) is 18.9 Å². The molecule has 0 fully saturated rings. The Morgan fingerprint density at radius 3 is 2.64 bits per heavy atom. The van der Waals surface area contributed by atoms with Crippen molar-refractivity contribution >= 4 is 15.2 Å². The van der Waals surface area contributed by atoms with Crippen molar-refractivity contribution in [1.82, 2.24) is 4.67 Å². The summed E-state index contributed by atoms with van der Waals surface area (Å²) in [6.45, 7) is 5.50. The molecule has 0 spiro atoms. The van der Waals surface area contributed by atoms with Crippen LogP contribution in [0, 0.1) is 0 Å². The van der Waals surface area contributed by atoms with E-state index in [1.165, 1.54) is 5.57 Å². The fraction of sp³-hybridized carbons (Fsp3) is 0.625. The second-order valence-corrected chi connectivity index (χ2v) is 3.63. The minimum atomic E-state index is 0.229. The molecule has 0 N–H and O–H groups in total. The normalized spacial score (nSPS) is 19.5. The maximum atomic E-state index is 11.1. The minimum Gasteiger partial charge on any atom is -0.295 e. The topological polar surface area (TPSA) is 20.3 Å². The quantitative estimate of drug-likeness (QED) is 0.585. The van der Waals surface area contributed by atoms with E-state index in [1.54, 1.807) is 6.92 Å². The first-order valence-electron chi connectivity index (χ1n) is 3.86. The Hall–Kier alpha value is -0.200. The number of nitrogens with zero attached hydrogens (tertiary/aromatic N) is 1. The fourth-order valence-corrected chi connectivity index (χ4v) is 1.80. The van der Waals surface area contributed by atoms with Gasteiger partial charge in [-0.1, -0.05) is 16.3 Å². The van der Waals surface area contributed by atoms with Crippen molar-refractivity contribution in [2.45, 2.75) is 20.3 Å². The molecule has 2 nitrogen and oxygen atoms in total. The number of hydrogen-bond acceptors (Lipinski definition) is 2. The maximum absolute atomic E-state index is 11.1. The molecule has 0 aromatic carbocycles. The fourth-order valence-electron chi connectivity index (χ4n) is 1.40. The van der Waals surface area contributed by atoms with Gasteiger partial charge < -0.3 is 0 Å². The Kier molecular flexibility index (Phi) is 2.80. The highest BCUT2D eigenvalue weighted by Crippen LogP contribution is 2.22. The molecule has 0 aromatic rings. The van der Waals surface area contributed by atoms with Crippen LogP contribution in [0.4, 0.5) is 0 Å². The highest BCUT2D eigenvalue weighted by molar-refractivity contribution is 7.13. The zero-order chi connectivity index (χ0) is 8.43. The summed E-state index contributed by atoms with van der Waals surface area (Å²) in [6.07, 6.45) is 1.000. The molecule has 3 heteroatoms. The molecule has 1 unspecified atom stereocenters. The molecule has 62 valence electrons. The highest BCUT2D eigenvalue weighted by Gasteiger charge is 2.20. The van der Waals surface area contributed by atoms with Crippen molar-refractivity contribution in [3.63, 3.8) is 0 Å². The summed E-state index contributed by atoms with van der Waals surface area (Å²) >= 11 is 0. The zero-order valence-electron chi connectivity index (χ0n) is 7.05. The lowest BCUT2D eigenvalue weighted by Gasteiger charge is -2.04. The van der Waals surface area contributed by atoms with E-state index in [2.05, 4.69) is 21.0 Å². The number of Topliss-reactive ketones (excluding diaryl/α,β-unsaturated/α-hetero) is 1. The van der Waals surface area contributed by atoms with Crippen LogP contribution in [0.2, 0.25) is 0 Å². The van der Waals surface area contributed by atoms with Crippen LogP contribution in [0.1, 0.15) is 20.3 Å². The van der Waals surface area contributed by atoms with E-state index in [0.717, 1.165) is 25.1 Å². The van der Waals surface area contributed by atoms with Gasteiger partial charge in [0.2, 0.25) is 0 Å². The van der Waals surface area contributed by atoms with Crippen LogP contribution in [0.3, 0.4) is 0 Å². The summed E-state index contributed by atoms with van der Waals surface area (Å²) in [5, 5.41) is 0. The molecule has 0 aromatic heterocycles. The predicted octanol–water partition coefficient (Wildman–Crippen LogP) is 1.39. The van der Waals surface area contributed by atoms with Gasteiger partial charge >= 0.3 is 0 Å². The molecule has 1 aliphatic heterocycles. The van der Waals surface area contributed by atoms with Crippen LogP contribution in [-0.4, -0.2) is 23.5 Å². The molecule has 1 heterocycles. The van der Waals surface area contributed by atoms with Crippen molar-refractivity contribution in [1.29, 1.82) is 0 Å². The lowest BCUT2D eigenvalue weighted by Crippen LogP contribution is -2.08. The molecule has 0 amide bonds. The SMILES string of the molecule is CCC1=C(C(C)=O)CN(P)C1. The second-order valence-electron chi connectivity index (χ2n) is 2.90. The number of carbonyl (C=O) groups excluding carboxylic acids is 1. The number of ketones is 1. The maximum Gasteiger partial charge on any atom is 0.157 e. The minimum absolute atomic E-state index is 0.229. The van der Waals surface area contributed by atoms with Crippen LogP contribution in [0.5, 0.6) is 0 Å². The van der Waals surface area contributed by atoms with Crippen molar-refractivity contribution in [3.05, 3.63) is 11.1 Å². The summed E-state index contributed by atoms with van der Waals surface area (Å²) in [5.74, 6) is 0.229. The third-order valence-electron chi connectivity index (χ3n) is 2.03. The average molecular weight is 171 g/mol. The number of hydrogen-bond donors (Lipinski definition) is 0. The van der Waals surface area contributed by atoms with Gasteiger partial charge in [-0.3, -0.25) is 9.46 Å². The smallest absolute Gasteiger partial charge is 0.157 e. The largest absolute Gasteiger partial charge is 0.295 e. The summed E-state index contributed by atoms with van der Waals surface area (Å²) in [5.41, 5.74) is 2.31. The lowest BCUT2D eigenvalue weighted by atomic mass is 10.1.